The number of esters is 1. The molecule has 0 aliphatic heterocycles. The number of halogens is 3. The summed E-state index contributed by atoms with van der Waals surface area (Å²) >= 11 is 0. The number of nitrogens with two attached hydrogens (primary N) is 1. The average Bonchev–Trinajstić information content (AvgIpc) is 2.43. The second-order valence-corrected chi connectivity index (χ2v) is 4.24. The van der Waals surface area contributed by atoms with Crippen molar-refractivity contribution in [2.45, 2.75) is 24.7 Å². The van der Waals surface area contributed by atoms with Crippen molar-refractivity contribution in [3.8, 4) is 6.07 Å². The summed E-state index contributed by atoms with van der Waals surface area (Å²) in [5.41, 5.74) is 5.83. The van der Waals surface area contributed by atoms with Gasteiger partial charge in [0.25, 0.3) is 5.69 Å². The van der Waals surface area contributed by atoms with Crippen LogP contribution in [0.15, 0.2) is 24.3 Å². The van der Waals surface area contributed by atoms with Crippen LogP contribution in [-0.4, -0.2) is 29.2 Å². The summed E-state index contributed by atoms with van der Waals surface area (Å²) in [6.07, 6.45) is -7.10. The van der Waals surface area contributed by atoms with Crippen molar-refractivity contribution in [3.63, 3.8) is 0 Å². The largest absolute Gasteiger partial charge is 0.490 e. The number of hydrogen-bond donors (Lipinski definition) is 1. The van der Waals surface area contributed by atoms with Crippen LogP contribution in [0.1, 0.15) is 5.56 Å². The lowest BCUT2D eigenvalue weighted by Gasteiger charge is -2.18. The van der Waals surface area contributed by atoms with Crippen LogP contribution < -0.4 is 5.73 Å². The molecule has 0 radical (unpaired) electrons. The van der Waals surface area contributed by atoms with Crippen molar-refractivity contribution >= 4 is 11.7 Å². The van der Waals surface area contributed by atoms with E-state index in [0.717, 1.165) is 0 Å². The van der Waals surface area contributed by atoms with E-state index in [0.29, 0.717) is 5.56 Å². The van der Waals surface area contributed by atoms with Crippen LogP contribution in [-0.2, 0) is 16.0 Å². The molecule has 1 aromatic carbocycles. The van der Waals surface area contributed by atoms with Gasteiger partial charge in [-0.15, -0.1) is 0 Å². The zero-order valence-corrected chi connectivity index (χ0v) is 10.9. The standard InChI is InChI=1S/C12H10F3N3O4/c13-12(14,15)11(19)22-10(6-16)9(17)5-7-1-3-8(4-2-7)18(20)21/h1-4,9-10H,5,17H2/t9-,10?/m0/s1. The fraction of sp³-hybridized carbons (Fsp3) is 0.333. The van der Waals surface area contributed by atoms with Gasteiger partial charge in [0.05, 0.1) is 11.0 Å². The lowest BCUT2D eigenvalue weighted by atomic mass is 10.0. The van der Waals surface area contributed by atoms with Gasteiger partial charge in [0.15, 0.2) is 0 Å². The lowest BCUT2D eigenvalue weighted by molar-refractivity contribution is -0.384. The molecule has 0 heterocycles. The molecule has 1 rings (SSSR count). The molecule has 0 bridgehead atoms. The van der Waals surface area contributed by atoms with Gasteiger partial charge in [-0.2, -0.15) is 18.4 Å². The second-order valence-electron chi connectivity index (χ2n) is 4.24. The summed E-state index contributed by atoms with van der Waals surface area (Å²) in [4.78, 5) is 20.5. The average molecular weight is 317 g/mol. The maximum atomic E-state index is 12.1. The number of hydrogen-bond acceptors (Lipinski definition) is 6. The molecule has 0 aliphatic carbocycles. The highest BCUT2D eigenvalue weighted by Gasteiger charge is 2.43. The van der Waals surface area contributed by atoms with Gasteiger partial charge in [0.1, 0.15) is 6.07 Å². The Morgan fingerprint density at radius 3 is 2.36 bits per heavy atom. The fourth-order valence-corrected chi connectivity index (χ4v) is 1.52. The molecule has 118 valence electrons. The van der Waals surface area contributed by atoms with E-state index in [4.69, 9.17) is 11.0 Å². The van der Waals surface area contributed by atoms with E-state index < -0.39 is 29.2 Å². The van der Waals surface area contributed by atoms with Crippen molar-refractivity contribution in [1.82, 2.24) is 0 Å². The summed E-state index contributed by atoms with van der Waals surface area (Å²) < 4.78 is 40.2. The van der Waals surface area contributed by atoms with Gasteiger partial charge in [0, 0.05) is 12.1 Å². The molecule has 0 fully saturated rings. The van der Waals surface area contributed by atoms with Crippen LogP contribution in [0.2, 0.25) is 0 Å². The number of nitrogens with zero attached hydrogens (tertiary/aromatic N) is 2. The Morgan fingerprint density at radius 2 is 1.95 bits per heavy atom. The highest BCUT2D eigenvalue weighted by Crippen LogP contribution is 2.19. The predicted octanol–water partition coefficient (Wildman–Crippen LogP) is 1.46. The Hall–Kier alpha value is -2.67. The van der Waals surface area contributed by atoms with E-state index in [1.54, 1.807) is 0 Å². The van der Waals surface area contributed by atoms with E-state index in [-0.39, 0.29) is 12.1 Å². The Morgan fingerprint density at radius 1 is 1.41 bits per heavy atom. The zero-order valence-electron chi connectivity index (χ0n) is 10.9. The van der Waals surface area contributed by atoms with Crippen LogP contribution in [0, 0.1) is 21.4 Å². The van der Waals surface area contributed by atoms with Crippen LogP contribution in [0.3, 0.4) is 0 Å². The topological polar surface area (TPSA) is 119 Å². The van der Waals surface area contributed by atoms with E-state index in [2.05, 4.69) is 4.74 Å². The first-order chi connectivity index (χ1) is 10.1. The number of carbonyl (C=O) groups excluding carboxylic acids is 1. The SMILES string of the molecule is N#CC(OC(=O)C(F)(F)F)[C@@H](N)Cc1ccc([N+](=O)[O-])cc1. The number of rotatable bonds is 5. The third-order valence-corrected chi connectivity index (χ3v) is 2.60. The van der Waals surface area contributed by atoms with Crippen LogP contribution in [0.25, 0.3) is 0 Å². The van der Waals surface area contributed by atoms with Gasteiger partial charge in [0.2, 0.25) is 6.10 Å². The molecule has 1 unspecified atom stereocenters. The number of ether oxygens (including phenoxy) is 1. The second kappa shape index (κ2) is 6.86. The molecule has 2 atom stereocenters. The Bertz CT molecular complexity index is 595. The monoisotopic (exact) mass is 317 g/mol. The number of benzene rings is 1. The number of nitriles is 1. The van der Waals surface area contributed by atoms with Gasteiger partial charge >= 0.3 is 12.1 Å². The lowest BCUT2D eigenvalue weighted by Crippen LogP contribution is -2.41. The summed E-state index contributed by atoms with van der Waals surface area (Å²) in [6, 6.07) is 5.23. The minimum absolute atomic E-state index is 0.0959. The third-order valence-electron chi connectivity index (χ3n) is 2.60. The molecule has 10 heteroatoms. The van der Waals surface area contributed by atoms with E-state index in [1.165, 1.54) is 30.3 Å². The maximum Gasteiger partial charge on any atom is 0.490 e. The molecule has 0 amide bonds. The van der Waals surface area contributed by atoms with Crippen LogP contribution in [0.5, 0.6) is 0 Å². The quantitative estimate of drug-likeness (QED) is 0.499. The van der Waals surface area contributed by atoms with Gasteiger partial charge < -0.3 is 10.5 Å². The minimum atomic E-state index is -5.22. The van der Waals surface area contributed by atoms with Crippen LogP contribution in [0.4, 0.5) is 18.9 Å². The molecule has 22 heavy (non-hydrogen) atoms. The molecule has 1 aromatic rings. The molecular weight excluding hydrogens is 307 g/mol. The first-order valence-corrected chi connectivity index (χ1v) is 5.81. The summed E-state index contributed by atoms with van der Waals surface area (Å²) in [6.45, 7) is 0. The number of alkyl halides is 3. The van der Waals surface area contributed by atoms with Crippen molar-refractivity contribution < 1.29 is 27.6 Å². The van der Waals surface area contributed by atoms with Crippen molar-refractivity contribution in [1.29, 1.82) is 5.26 Å². The van der Waals surface area contributed by atoms with Crippen molar-refractivity contribution in [2.24, 2.45) is 5.73 Å². The molecular formula is C12H10F3N3O4. The van der Waals surface area contributed by atoms with Gasteiger partial charge in [-0.25, -0.2) is 4.79 Å². The minimum Gasteiger partial charge on any atom is -0.439 e. The number of nitro benzene ring substituents is 1. The predicted molar refractivity (Wildman–Crippen MR) is 66.3 cm³/mol. The molecule has 0 saturated carbocycles. The van der Waals surface area contributed by atoms with Crippen molar-refractivity contribution in [2.75, 3.05) is 0 Å². The van der Waals surface area contributed by atoms with Gasteiger partial charge in [-0.3, -0.25) is 10.1 Å². The number of nitro groups is 1. The smallest absolute Gasteiger partial charge is 0.439 e. The third kappa shape index (κ3) is 4.71. The Labute approximate surface area is 122 Å². The first-order valence-electron chi connectivity index (χ1n) is 5.81. The van der Waals surface area contributed by atoms with E-state index >= 15 is 0 Å². The molecule has 0 aliphatic rings. The molecule has 0 saturated heterocycles. The summed E-state index contributed by atoms with van der Waals surface area (Å²) in [7, 11) is 0. The number of non-ortho nitro benzene ring substituents is 1. The van der Waals surface area contributed by atoms with Crippen molar-refractivity contribution in [3.05, 3.63) is 39.9 Å². The maximum absolute atomic E-state index is 12.1. The normalized spacial score (nSPS) is 13.8. The van der Waals surface area contributed by atoms with Gasteiger partial charge in [-0.05, 0) is 12.0 Å². The number of carbonyl (C=O) groups is 1. The molecule has 0 aromatic heterocycles. The summed E-state index contributed by atoms with van der Waals surface area (Å²) in [5.74, 6) is -2.50. The Balaban J connectivity index is 2.73. The summed E-state index contributed by atoms with van der Waals surface area (Å²) in [5, 5.41) is 19.2. The van der Waals surface area contributed by atoms with Crippen LogP contribution >= 0.6 is 0 Å². The molecule has 7 nitrogen and oxygen atoms in total. The Kier molecular flexibility index (Phi) is 5.42. The highest BCUT2D eigenvalue weighted by molar-refractivity contribution is 5.76. The fourth-order valence-electron chi connectivity index (χ4n) is 1.52. The highest BCUT2D eigenvalue weighted by atomic mass is 19.4. The first kappa shape index (κ1) is 17.4. The van der Waals surface area contributed by atoms with E-state index in [1.807, 2.05) is 0 Å². The van der Waals surface area contributed by atoms with Gasteiger partial charge in [-0.1, -0.05) is 12.1 Å². The molecule has 2 N–H and O–H groups in total. The molecule has 0 spiro atoms. The van der Waals surface area contributed by atoms with E-state index in [9.17, 15) is 28.1 Å². The zero-order chi connectivity index (χ0) is 16.9.